The monoisotopic (exact) mass is 218 g/mol. The molecule has 0 aliphatic carbocycles. The first-order valence-electron chi connectivity index (χ1n) is 5.39. The largest absolute Gasteiger partial charge is 0.454 e. The molecule has 1 heterocycles. The molecular formula is C13H14O3. The van der Waals surface area contributed by atoms with Gasteiger partial charge in [0, 0.05) is 18.4 Å². The van der Waals surface area contributed by atoms with Crippen LogP contribution in [-0.4, -0.2) is 17.9 Å². The zero-order valence-electron chi connectivity index (χ0n) is 9.45. The van der Waals surface area contributed by atoms with Gasteiger partial charge in [-0.2, -0.15) is 0 Å². The summed E-state index contributed by atoms with van der Waals surface area (Å²) >= 11 is 0. The Hall–Kier alpha value is -1.64. The van der Waals surface area contributed by atoms with Crippen molar-refractivity contribution in [1.82, 2.24) is 0 Å². The van der Waals surface area contributed by atoms with Crippen LogP contribution in [0.4, 0.5) is 0 Å². The Bertz CT molecular complexity index is 428. The number of rotatable bonds is 2. The Balaban J connectivity index is 2.31. The Morgan fingerprint density at radius 2 is 1.94 bits per heavy atom. The third-order valence-corrected chi connectivity index (χ3v) is 2.90. The van der Waals surface area contributed by atoms with Gasteiger partial charge < -0.3 is 4.74 Å². The van der Waals surface area contributed by atoms with Crippen LogP contribution in [0.5, 0.6) is 0 Å². The lowest BCUT2D eigenvalue weighted by Gasteiger charge is -2.12. The highest BCUT2D eigenvalue weighted by Gasteiger charge is 2.31. The SMILES string of the molecule is Cc1cccc(C)c1C(=O)C1CCC(=O)O1. The van der Waals surface area contributed by atoms with E-state index in [9.17, 15) is 9.59 Å². The van der Waals surface area contributed by atoms with Crippen molar-refractivity contribution in [2.75, 3.05) is 0 Å². The Morgan fingerprint density at radius 1 is 1.31 bits per heavy atom. The lowest BCUT2D eigenvalue weighted by molar-refractivity contribution is -0.140. The number of benzene rings is 1. The number of cyclic esters (lactones) is 1. The van der Waals surface area contributed by atoms with Crippen LogP contribution in [0, 0.1) is 13.8 Å². The van der Waals surface area contributed by atoms with Crippen molar-refractivity contribution in [2.45, 2.75) is 32.8 Å². The summed E-state index contributed by atoms with van der Waals surface area (Å²) in [5.41, 5.74) is 2.57. The molecule has 1 unspecified atom stereocenters. The second kappa shape index (κ2) is 4.08. The van der Waals surface area contributed by atoms with Crippen LogP contribution in [0.1, 0.15) is 34.3 Å². The number of carbonyl (C=O) groups is 2. The smallest absolute Gasteiger partial charge is 0.306 e. The Kier molecular flexibility index (Phi) is 2.77. The van der Waals surface area contributed by atoms with Gasteiger partial charge in [0.1, 0.15) is 0 Å². The van der Waals surface area contributed by atoms with E-state index < -0.39 is 6.10 Å². The number of esters is 1. The highest BCUT2D eigenvalue weighted by Crippen LogP contribution is 2.22. The van der Waals surface area contributed by atoms with Gasteiger partial charge in [-0.25, -0.2) is 0 Å². The molecule has 1 aromatic carbocycles. The fraction of sp³-hybridized carbons (Fsp3) is 0.385. The summed E-state index contributed by atoms with van der Waals surface area (Å²) in [6.45, 7) is 3.80. The normalized spacial score (nSPS) is 19.6. The van der Waals surface area contributed by atoms with E-state index in [-0.39, 0.29) is 11.8 Å². The lowest BCUT2D eigenvalue weighted by atomic mass is 9.95. The molecule has 0 amide bonds. The fourth-order valence-electron chi connectivity index (χ4n) is 2.07. The molecule has 1 aliphatic heterocycles. The summed E-state index contributed by atoms with van der Waals surface area (Å²) in [5, 5.41) is 0. The standard InChI is InChI=1S/C13H14O3/c1-8-4-3-5-9(2)12(8)13(15)10-6-7-11(14)16-10/h3-5,10H,6-7H2,1-2H3. The van der Waals surface area contributed by atoms with Gasteiger partial charge in [0.2, 0.25) is 5.78 Å². The maximum atomic E-state index is 12.2. The number of ketones is 1. The van der Waals surface area contributed by atoms with Gasteiger partial charge >= 0.3 is 5.97 Å². The Labute approximate surface area is 94.4 Å². The highest BCUT2D eigenvalue weighted by molar-refractivity contribution is 6.03. The first-order chi connectivity index (χ1) is 7.59. The van der Waals surface area contributed by atoms with Crippen molar-refractivity contribution in [3.8, 4) is 0 Å². The van der Waals surface area contributed by atoms with Crippen LogP contribution in [-0.2, 0) is 9.53 Å². The molecule has 16 heavy (non-hydrogen) atoms. The van der Waals surface area contributed by atoms with E-state index in [2.05, 4.69) is 0 Å². The Morgan fingerprint density at radius 3 is 2.44 bits per heavy atom. The summed E-state index contributed by atoms with van der Waals surface area (Å²) in [7, 11) is 0. The molecule has 1 aliphatic rings. The average molecular weight is 218 g/mol. The number of hydrogen-bond acceptors (Lipinski definition) is 3. The molecule has 84 valence electrons. The number of carbonyl (C=O) groups excluding carboxylic acids is 2. The van der Waals surface area contributed by atoms with E-state index in [1.165, 1.54) is 0 Å². The summed E-state index contributed by atoms with van der Waals surface area (Å²) < 4.78 is 5.00. The van der Waals surface area contributed by atoms with Gasteiger partial charge in [-0.15, -0.1) is 0 Å². The van der Waals surface area contributed by atoms with Gasteiger partial charge in [0.05, 0.1) is 0 Å². The van der Waals surface area contributed by atoms with E-state index in [0.29, 0.717) is 18.4 Å². The van der Waals surface area contributed by atoms with E-state index in [0.717, 1.165) is 11.1 Å². The zero-order chi connectivity index (χ0) is 11.7. The molecular weight excluding hydrogens is 204 g/mol. The third kappa shape index (κ3) is 1.85. The molecule has 0 aromatic heterocycles. The van der Waals surface area contributed by atoms with Crippen LogP contribution < -0.4 is 0 Å². The second-order valence-corrected chi connectivity index (χ2v) is 4.15. The van der Waals surface area contributed by atoms with Gasteiger partial charge in [-0.05, 0) is 25.0 Å². The quantitative estimate of drug-likeness (QED) is 0.564. The van der Waals surface area contributed by atoms with E-state index in [1.54, 1.807) is 0 Å². The topological polar surface area (TPSA) is 43.4 Å². The molecule has 0 radical (unpaired) electrons. The molecule has 1 fully saturated rings. The van der Waals surface area contributed by atoms with Gasteiger partial charge in [-0.3, -0.25) is 9.59 Å². The molecule has 3 heteroatoms. The van der Waals surface area contributed by atoms with Crippen LogP contribution in [0.15, 0.2) is 18.2 Å². The minimum atomic E-state index is -0.577. The minimum Gasteiger partial charge on any atom is -0.454 e. The molecule has 3 nitrogen and oxygen atoms in total. The minimum absolute atomic E-state index is 0.0681. The predicted octanol–water partition coefficient (Wildman–Crippen LogP) is 2.19. The van der Waals surface area contributed by atoms with Crippen molar-refractivity contribution >= 4 is 11.8 Å². The first-order valence-corrected chi connectivity index (χ1v) is 5.39. The van der Waals surface area contributed by atoms with Crippen molar-refractivity contribution in [3.63, 3.8) is 0 Å². The van der Waals surface area contributed by atoms with Crippen LogP contribution >= 0.6 is 0 Å². The molecule has 0 saturated carbocycles. The molecule has 0 N–H and O–H groups in total. The summed E-state index contributed by atoms with van der Waals surface area (Å²) in [6, 6.07) is 5.72. The van der Waals surface area contributed by atoms with Crippen molar-refractivity contribution in [2.24, 2.45) is 0 Å². The number of aryl methyl sites for hydroxylation is 2. The summed E-state index contributed by atoms with van der Waals surface area (Å²) in [5.74, 6) is -0.342. The molecule has 0 spiro atoms. The van der Waals surface area contributed by atoms with E-state index in [1.807, 2.05) is 32.0 Å². The molecule has 2 rings (SSSR count). The highest BCUT2D eigenvalue weighted by atomic mass is 16.6. The third-order valence-electron chi connectivity index (χ3n) is 2.90. The van der Waals surface area contributed by atoms with E-state index >= 15 is 0 Å². The van der Waals surface area contributed by atoms with E-state index in [4.69, 9.17) is 4.74 Å². The second-order valence-electron chi connectivity index (χ2n) is 4.15. The molecule has 1 atom stereocenters. The maximum absolute atomic E-state index is 12.2. The van der Waals surface area contributed by atoms with Crippen molar-refractivity contribution in [3.05, 3.63) is 34.9 Å². The predicted molar refractivity (Wildman–Crippen MR) is 59.4 cm³/mol. The van der Waals surface area contributed by atoms with Crippen LogP contribution in [0.3, 0.4) is 0 Å². The van der Waals surface area contributed by atoms with Crippen LogP contribution in [0.25, 0.3) is 0 Å². The first kappa shape index (κ1) is 10.9. The maximum Gasteiger partial charge on any atom is 0.306 e. The van der Waals surface area contributed by atoms with Gasteiger partial charge in [-0.1, -0.05) is 18.2 Å². The molecule has 0 bridgehead atoms. The lowest BCUT2D eigenvalue weighted by Crippen LogP contribution is -2.22. The molecule has 1 saturated heterocycles. The zero-order valence-corrected chi connectivity index (χ0v) is 9.45. The van der Waals surface area contributed by atoms with Gasteiger partial charge in [0.15, 0.2) is 6.10 Å². The summed E-state index contributed by atoms with van der Waals surface area (Å²) in [4.78, 5) is 23.1. The number of Topliss-reactive ketones (excluding diaryl/α,β-unsaturated/α-hetero) is 1. The molecule has 1 aromatic rings. The number of ether oxygens (including phenoxy) is 1. The average Bonchev–Trinajstić information content (AvgIpc) is 2.64. The fourth-order valence-corrected chi connectivity index (χ4v) is 2.07. The number of hydrogen-bond donors (Lipinski definition) is 0. The van der Waals surface area contributed by atoms with Crippen LogP contribution in [0.2, 0.25) is 0 Å². The van der Waals surface area contributed by atoms with Gasteiger partial charge in [0.25, 0.3) is 0 Å². The van der Waals surface area contributed by atoms with Crippen molar-refractivity contribution in [1.29, 1.82) is 0 Å². The van der Waals surface area contributed by atoms with Crippen molar-refractivity contribution < 1.29 is 14.3 Å². The summed E-state index contributed by atoms with van der Waals surface area (Å²) in [6.07, 6.45) is 0.277.